The summed E-state index contributed by atoms with van der Waals surface area (Å²) in [5, 5.41) is 29.3. The number of rotatable bonds is 0. The number of hydrogen-bond acceptors (Lipinski definition) is 3. The standard InChI is InChI=1S/C15H10Cl2N2O/c1-7(2)13-14(8(5-18)6-19)9-3-11(16)12(17)4-10(9)15(13)20/h3-4,15,20H,1-2H3. The van der Waals surface area contributed by atoms with Crippen LogP contribution in [0.5, 0.6) is 0 Å². The van der Waals surface area contributed by atoms with Crippen molar-refractivity contribution < 1.29 is 5.11 Å². The van der Waals surface area contributed by atoms with Gasteiger partial charge in [0, 0.05) is 5.57 Å². The SMILES string of the molecule is CC(C)=C1C(=C(C#N)C#N)c2cc(Cl)c(Cl)cc2C1O. The van der Waals surface area contributed by atoms with Gasteiger partial charge in [0.25, 0.3) is 0 Å². The quantitative estimate of drug-likeness (QED) is 0.731. The van der Waals surface area contributed by atoms with Crippen LogP contribution >= 0.6 is 23.2 Å². The molecule has 0 aliphatic heterocycles. The van der Waals surface area contributed by atoms with E-state index in [-0.39, 0.29) is 5.57 Å². The summed E-state index contributed by atoms with van der Waals surface area (Å²) >= 11 is 12.0. The van der Waals surface area contributed by atoms with E-state index in [1.165, 1.54) is 0 Å². The molecule has 1 N–H and O–H groups in total. The monoisotopic (exact) mass is 304 g/mol. The number of fused-ring (bicyclic) bond motifs is 1. The van der Waals surface area contributed by atoms with E-state index in [0.717, 1.165) is 5.57 Å². The Morgan fingerprint density at radius 3 is 2.20 bits per heavy atom. The van der Waals surface area contributed by atoms with E-state index in [1.54, 1.807) is 12.1 Å². The fourth-order valence-electron chi connectivity index (χ4n) is 2.37. The van der Waals surface area contributed by atoms with Crippen LogP contribution in [-0.2, 0) is 0 Å². The van der Waals surface area contributed by atoms with Crippen molar-refractivity contribution in [2.45, 2.75) is 20.0 Å². The Balaban J connectivity index is 2.93. The van der Waals surface area contributed by atoms with Gasteiger partial charge in [-0.15, -0.1) is 0 Å². The highest BCUT2D eigenvalue weighted by Gasteiger charge is 2.34. The van der Waals surface area contributed by atoms with Crippen molar-refractivity contribution in [3.63, 3.8) is 0 Å². The molecule has 0 saturated heterocycles. The van der Waals surface area contributed by atoms with Crippen molar-refractivity contribution in [2.75, 3.05) is 0 Å². The summed E-state index contributed by atoms with van der Waals surface area (Å²) in [7, 11) is 0. The van der Waals surface area contributed by atoms with E-state index in [4.69, 9.17) is 33.7 Å². The van der Waals surface area contributed by atoms with Crippen LogP contribution in [0.15, 0.2) is 28.9 Å². The van der Waals surface area contributed by atoms with Gasteiger partial charge in [-0.3, -0.25) is 0 Å². The third-order valence-electron chi connectivity index (χ3n) is 3.21. The number of hydrogen-bond donors (Lipinski definition) is 1. The maximum absolute atomic E-state index is 10.4. The van der Waals surface area contributed by atoms with Crippen LogP contribution in [0.3, 0.4) is 0 Å². The largest absolute Gasteiger partial charge is 0.384 e. The molecule has 100 valence electrons. The van der Waals surface area contributed by atoms with E-state index < -0.39 is 6.10 Å². The van der Waals surface area contributed by atoms with Gasteiger partial charge in [0.2, 0.25) is 0 Å². The summed E-state index contributed by atoms with van der Waals surface area (Å²) in [5.74, 6) is 0. The summed E-state index contributed by atoms with van der Waals surface area (Å²) < 4.78 is 0. The molecule has 3 nitrogen and oxygen atoms in total. The van der Waals surface area contributed by atoms with E-state index in [2.05, 4.69) is 0 Å². The van der Waals surface area contributed by atoms with Crippen LogP contribution < -0.4 is 0 Å². The Morgan fingerprint density at radius 1 is 1.15 bits per heavy atom. The van der Waals surface area contributed by atoms with Crippen molar-refractivity contribution in [1.29, 1.82) is 10.5 Å². The second-order valence-corrected chi connectivity index (χ2v) is 5.46. The highest BCUT2D eigenvalue weighted by atomic mass is 35.5. The lowest BCUT2D eigenvalue weighted by atomic mass is 9.96. The second-order valence-electron chi connectivity index (χ2n) is 4.64. The predicted molar refractivity (Wildman–Crippen MR) is 77.9 cm³/mol. The summed E-state index contributed by atoms with van der Waals surface area (Å²) in [5.41, 5.74) is 2.94. The van der Waals surface area contributed by atoms with Gasteiger partial charge in [0.05, 0.1) is 10.0 Å². The first-order valence-corrected chi connectivity index (χ1v) is 6.57. The average molecular weight is 305 g/mol. The van der Waals surface area contributed by atoms with Crippen molar-refractivity contribution >= 4 is 28.8 Å². The fraction of sp³-hybridized carbons (Fsp3) is 0.200. The third kappa shape index (κ3) is 2.11. The van der Waals surface area contributed by atoms with E-state index >= 15 is 0 Å². The molecule has 0 aromatic heterocycles. The van der Waals surface area contributed by atoms with Crippen molar-refractivity contribution in [3.8, 4) is 12.1 Å². The number of nitrogens with zero attached hydrogens (tertiary/aromatic N) is 2. The average Bonchev–Trinajstić information content (AvgIpc) is 2.66. The number of aliphatic hydroxyl groups excluding tert-OH is 1. The van der Waals surface area contributed by atoms with E-state index in [9.17, 15) is 5.11 Å². The van der Waals surface area contributed by atoms with Crippen molar-refractivity contribution in [2.24, 2.45) is 0 Å². The molecule has 5 heteroatoms. The van der Waals surface area contributed by atoms with Crippen molar-refractivity contribution in [3.05, 3.63) is 50.0 Å². The van der Waals surface area contributed by atoms with Gasteiger partial charge in [-0.05, 0) is 42.7 Å². The Kier molecular flexibility index (Phi) is 3.88. The molecule has 0 amide bonds. The minimum Gasteiger partial charge on any atom is -0.384 e. The molecule has 1 unspecified atom stereocenters. The molecule has 0 saturated carbocycles. The maximum atomic E-state index is 10.4. The topological polar surface area (TPSA) is 67.8 Å². The zero-order valence-corrected chi connectivity index (χ0v) is 12.3. The molecule has 0 radical (unpaired) electrons. The second kappa shape index (κ2) is 5.31. The normalized spacial score (nSPS) is 16.4. The molecule has 1 aliphatic rings. The molecule has 20 heavy (non-hydrogen) atoms. The van der Waals surface area contributed by atoms with Gasteiger partial charge < -0.3 is 5.11 Å². The number of aliphatic hydroxyl groups is 1. The smallest absolute Gasteiger partial charge is 0.137 e. The van der Waals surface area contributed by atoms with Gasteiger partial charge in [-0.1, -0.05) is 28.8 Å². The molecule has 1 aliphatic carbocycles. The van der Waals surface area contributed by atoms with Crippen molar-refractivity contribution in [1.82, 2.24) is 0 Å². The zero-order chi connectivity index (χ0) is 15.0. The van der Waals surface area contributed by atoms with Crippen LogP contribution in [0, 0.1) is 22.7 Å². The van der Waals surface area contributed by atoms with Crippen LogP contribution in [0.4, 0.5) is 0 Å². The Hall–Kier alpha value is -1.78. The highest BCUT2D eigenvalue weighted by molar-refractivity contribution is 6.42. The number of nitriles is 2. The molecule has 2 rings (SSSR count). The summed E-state index contributed by atoms with van der Waals surface area (Å²) in [6.07, 6.45) is -0.906. The van der Waals surface area contributed by atoms with E-state index in [0.29, 0.717) is 32.3 Å². The van der Waals surface area contributed by atoms with Crippen LogP contribution in [0.2, 0.25) is 10.0 Å². The summed E-state index contributed by atoms with van der Waals surface area (Å²) in [4.78, 5) is 0. The van der Waals surface area contributed by atoms with Gasteiger partial charge >= 0.3 is 0 Å². The first-order valence-electron chi connectivity index (χ1n) is 5.82. The van der Waals surface area contributed by atoms with Gasteiger partial charge in [0.1, 0.15) is 23.8 Å². The van der Waals surface area contributed by atoms with Gasteiger partial charge in [0.15, 0.2) is 0 Å². The molecule has 1 atom stereocenters. The van der Waals surface area contributed by atoms with Crippen LogP contribution in [0.25, 0.3) is 5.57 Å². The zero-order valence-electron chi connectivity index (χ0n) is 10.8. The Morgan fingerprint density at radius 2 is 1.70 bits per heavy atom. The predicted octanol–water partition coefficient (Wildman–Crippen LogP) is 4.18. The third-order valence-corrected chi connectivity index (χ3v) is 3.93. The van der Waals surface area contributed by atoms with Crippen LogP contribution in [-0.4, -0.2) is 5.11 Å². The lowest BCUT2D eigenvalue weighted by Gasteiger charge is -2.09. The molecular formula is C15H10Cl2N2O. The molecule has 1 aromatic rings. The minimum atomic E-state index is -0.906. The summed E-state index contributed by atoms with van der Waals surface area (Å²) in [6, 6.07) is 6.90. The fourth-order valence-corrected chi connectivity index (χ4v) is 2.71. The Bertz CT molecular complexity index is 728. The highest BCUT2D eigenvalue weighted by Crippen LogP contribution is 2.49. The molecule has 1 aromatic carbocycles. The molecule has 0 spiro atoms. The summed E-state index contributed by atoms with van der Waals surface area (Å²) in [6.45, 7) is 3.64. The number of halogens is 2. The first-order chi connectivity index (χ1) is 9.42. The number of benzene rings is 1. The molecule has 0 bridgehead atoms. The van der Waals surface area contributed by atoms with Crippen LogP contribution in [0.1, 0.15) is 31.1 Å². The molecule has 0 fully saturated rings. The van der Waals surface area contributed by atoms with Gasteiger partial charge in [-0.2, -0.15) is 10.5 Å². The first kappa shape index (κ1) is 14.6. The molecular weight excluding hydrogens is 295 g/mol. The molecule has 0 heterocycles. The van der Waals surface area contributed by atoms with E-state index in [1.807, 2.05) is 26.0 Å². The lowest BCUT2D eigenvalue weighted by Crippen LogP contribution is -1.96. The Labute approximate surface area is 127 Å². The minimum absolute atomic E-state index is 0.0441. The lowest BCUT2D eigenvalue weighted by molar-refractivity contribution is 0.224. The van der Waals surface area contributed by atoms with Gasteiger partial charge in [-0.25, -0.2) is 0 Å². The maximum Gasteiger partial charge on any atom is 0.137 e. The number of allylic oxidation sites excluding steroid dienone is 2.